The van der Waals surface area contributed by atoms with Gasteiger partial charge in [-0.05, 0) is 36.5 Å². The summed E-state index contributed by atoms with van der Waals surface area (Å²) in [6, 6.07) is 4.46. The molecule has 1 unspecified atom stereocenters. The van der Waals surface area contributed by atoms with Gasteiger partial charge in [0.25, 0.3) is 0 Å². The number of carboxylic acids is 1. The van der Waals surface area contributed by atoms with Gasteiger partial charge in [-0.1, -0.05) is 20.3 Å². The molecule has 0 spiro atoms. The van der Waals surface area contributed by atoms with Gasteiger partial charge in [0.05, 0.1) is 16.9 Å². The molecule has 5 heteroatoms. The van der Waals surface area contributed by atoms with Crippen LogP contribution in [0.15, 0.2) is 18.2 Å². The van der Waals surface area contributed by atoms with E-state index in [-0.39, 0.29) is 22.8 Å². The zero-order valence-electron chi connectivity index (χ0n) is 12.7. The molecule has 0 radical (unpaired) electrons. The summed E-state index contributed by atoms with van der Waals surface area (Å²) in [6.45, 7) is 4.24. The van der Waals surface area contributed by atoms with E-state index in [1.807, 2.05) is 0 Å². The number of hydrogen-bond donors (Lipinski definition) is 2. The summed E-state index contributed by atoms with van der Waals surface area (Å²) in [7, 11) is 1.70. The number of hydrogen-bond acceptors (Lipinski definition) is 3. The van der Waals surface area contributed by atoms with Crippen LogP contribution in [0.5, 0.6) is 0 Å². The molecule has 0 heterocycles. The van der Waals surface area contributed by atoms with Crippen LogP contribution in [0.25, 0.3) is 0 Å². The van der Waals surface area contributed by atoms with Crippen LogP contribution in [0.2, 0.25) is 0 Å². The van der Waals surface area contributed by atoms with Gasteiger partial charge in [0.2, 0.25) is 5.91 Å². The lowest BCUT2D eigenvalue weighted by molar-refractivity contribution is -0.124. The molecule has 21 heavy (non-hydrogen) atoms. The molecule has 2 rings (SSSR count). The molecule has 1 aliphatic carbocycles. The predicted octanol–water partition coefficient (Wildman–Crippen LogP) is 2.76. The summed E-state index contributed by atoms with van der Waals surface area (Å²) in [6.07, 6.45) is 3.00. The van der Waals surface area contributed by atoms with Gasteiger partial charge < -0.3 is 15.7 Å². The minimum Gasteiger partial charge on any atom is -0.478 e. The van der Waals surface area contributed by atoms with Crippen LogP contribution in [0.3, 0.4) is 0 Å². The zero-order chi connectivity index (χ0) is 15.8. The minimum atomic E-state index is -1.03. The van der Waals surface area contributed by atoms with Crippen LogP contribution in [-0.4, -0.2) is 24.0 Å². The number of anilines is 2. The van der Waals surface area contributed by atoms with Crippen LogP contribution in [-0.2, 0) is 4.79 Å². The number of benzene rings is 1. The van der Waals surface area contributed by atoms with Crippen LogP contribution >= 0.6 is 0 Å². The molecule has 0 saturated heterocycles. The number of carbonyl (C=O) groups is 2. The van der Waals surface area contributed by atoms with Gasteiger partial charge in [-0.2, -0.15) is 0 Å². The quantitative estimate of drug-likeness (QED) is 0.838. The number of aromatic carboxylic acids is 1. The Hall–Kier alpha value is -2.04. The Bertz CT molecular complexity index is 581. The molecule has 0 bridgehead atoms. The molecule has 1 saturated carbocycles. The first kappa shape index (κ1) is 15.4. The van der Waals surface area contributed by atoms with Gasteiger partial charge in [0.15, 0.2) is 0 Å². The maximum Gasteiger partial charge on any atom is 0.335 e. The number of rotatable bonds is 3. The Balaban J connectivity index is 2.26. The average molecular weight is 290 g/mol. The number of nitrogens with two attached hydrogens (primary N) is 1. The molecule has 3 N–H and O–H groups in total. The molecule has 0 aromatic heterocycles. The van der Waals surface area contributed by atoms with Crippen molar-refractivity contribution in [1.82, 2.24) is 0 Å². The standard InChI is InChI=1S/C16H22N2O3/c1-16(2)8-4-5-11(16)14(19)18(3)13-7-6-10(15(20)21)9-12(13)17/h6-7,9,11H,4-5,8,17H2,1-3H3,(H,20,21). The third-order valence-electron chi connectivity index (χ3n) is 4.52. The van der Waals surface area contributed by atoms with Crippen molar-refractivity contribution in [2.75, 3.05) is 17.7 Å². The van der Waals surface area contributed by atoms with Gasteiger partial charge in [0, 0.05) is 13.0 Å². The number of carboxylic acid groups (broad SMARTS) is 1. The van der Waals surface area contributed by atoms with Gasteiger partial charge in [-0.25, -0.2) is 4.79 Å². The van der Waals surface area contributed by atoms with Gasteiger partial charge >= 0.3 is 5.97 Å². The maximum atomic E-state index is 12.7. The Morgan fingerprint density at radius 3 is 2.52 bits per heavy atom. The molecular weight excluding hydrogens is 268 g/mol. The van der Waals surface area contributed by atoms with E-state index in [1.54, 1.807) is 18.0 Å². The van der Waals surface area contributed by atoms with Crippen molar-refractivity contribution in [2.45, 2.75) is 33.1 Å². The average Bonchev–Trinajstić information content (AvgIpc) is 2.76. The number of nitrogens with zero attached hydrogens (tertiary/aromatic N) is 1. The molecule has 1 aliphatic rings. The monoisotopic (exact) mass is 290 g/mol. The Morgan fingerprint density at radius 2 is 2.05 bits per heavy atom. The Labute approximate surface area is 124 Å². The second-order valence-corrected chi connectivity index (χ2v) is 6.41. The lowest BCUT2D eigenvalue weighted by atomic mass is 9.81. The highest BCUT2D eigenvalue weighted by atomic mass is 16.4. The highest BCUT2D eigenvalue weighted by molar-refractivity contribution is 5.99. The van der Waals surface area contributed by atoms with Gasteiger partial charge in [0.1, 0.15) is 0 Å². The van der Waals surface area contributed by atoms with E-state index in [0.29, 0.717) is 11.4 Å². The van der Waals surface area contributed by atoms with Crippen molar-refractivity contribution in [2.24, 2.45) is 11.3 Å². The van der Waals surface area contributed by atoms with Crippen LogP contribution in [0, 0.1) is 11.3 Å². The first-order valence-electron chi connectivity index (χ1n) is 7.14. The SMILES string of the molecule is CN(C(=O)C1CCCC1(C)C)c1ccc(C(=O)O)cc1N. The summed E-state index contributed by atoms with van der Waals surface area (Å²) in [5.41, 5.74) is 6.90. The second kappa shape index (κ2) is 5.39. The Kier molecular flexibility index (Phi) is 3.94. The summed E-state index contributed by atoms with van der Waals surface area (Å²) in [5.74, 6) is -0.993. The van der Waals surface area contributed by atoms with E-state index < -0.39 is 5.97 Å². The third kappa shape index (κ3) is 2.86. The summed E-state index contributed by atoms with van der Waals surface area (Å²) >= 11 is 0. The summed E-state index contributed by atoms with van der Waals surface area (Å²) < 4.78 is 0. The van der Waals surface area contributed by atoms with Crippen LogP contribution < -0.4 is 10.6 Å². The van der Waals surface area contributed by atoms with E-state index in [0.717, 1.165) is 19.3 Å². The number of nitrogen functional groups attached to an aromatic ring is 1. The zero-order valence-corrected chi connectivity index (χ0v) is 12.7. The van der Waals surface area contributed by atoms with Crippen molar-refractivity contribution < 1.29 is 14.7 Å². The fourth-order valence-electron chi connectivity index (χ4n) is 3.13. The van der Waals surface area contributed by atoms with Crippen LogP contribution in [0.1, 0.15) is 43.5 Å². The third-order valence-corrected chi connectivity index (χ3v) is 4.52. The largest absolute Gasteiger partial charge is 0.478 e. The van der Waals surface area contributed by atoms with E-state index in [1.165, 1.54) is 12.1 Å². The van der Waals surface area contributed by atoms with Gasteiger partial charge in [-0.15, -0.1) is 0 Å². The van der Waals surface area contributed by atoms with Crippen molar-refractivity contribution in [3.05, 3.63) is 23.8 Å². The molecule has 1 aromatic rings. The summed E-state index contributed by atoms with van der Waals surface area (Å²) in [4.78, 5) is 25.2. The fourth-order valence-corrected chi connectivity index (χ4v) is 3.13. The molecule has 1 atom stereocenters. The first-order valence-corrected chi connectivity index (χ1v) is 7.14. The molecule has 1 aromatic carbocycles. The molecule has 1 fully saturated rings. The summed E-state index contributed by atoms with van der Waals surface area (Å²) in [5, 5.41) is 8.95. The lowest BCUT2D eigenvalue weighted by Gasteiger charge is -2.30. The molecular formula is C16H22N2O3. The van der Waals surface area contributed by atoms with Crippen LogP contribution in [0.4, 0.5) is 11.4 Å². The van der Waals surface area contributed by atoms with Crippen molar-refractivity contribution in [3.8, 4) is 0 Å². The van der Waals surface area contributed by atoms with Crippen molar-refractivity contribution in [3.63, 3.8) is 0 Å². The predicted molar refractivity (Wildman–Crippen MR) is 82.3 cm³/mol. The normalized spacial score (nSPS) is 20.2. The second-order valence-electron chi connectivity index (χ2n) is 6.41. The Morgan fingerprint density at radius 1 is 1.38 bits per heavy atom. The highest BCUT2D eigenvalue weighted by Gasteiger charge is 2.40. The van der Waals surface area contributed by atoms with E-state index in [9.17, 15) is 9.59 Å². The van der Waals surface area contributed by atoms with Crippen molar-refractivity contribution >= 4 is 23.3 Å². The topological polar surface area (TPSA) is 83.6 Å². The van der Waals surface area contributed by atoms with E-state index in [4.69, 9.17) is 10.8 Å². The van der Waals surface area contributed by atoms with E-state index in [2.05, 4.69) is 13.8 Å². The molecule has 1 amide bonds. The maximum absolute atomic E-state index is 12.7. The highest BCUT2D eigenvalue weighted by Crippen LogP contribution is 2.44. The van der Waals surface area contributed by atoms with Gasteiger partial charge in [-0.3, -0.25) is 4.79 Å². The smallest absolute Gasteiger partial charge is 0.335 e. The first-order chi connectivity index (χ1) is 9.74. The number of amides is 1. The lowest BCUT2D eigenvalue weighted by Crippen LogP contribution is -2.38. The van der Waals surface area contributed by atoms with Crippen molar-refractivity contribution in [1.29, 1.82) is 0 Å². The van der Waals surface area contributed by atoms with E-state index >= 15 is 0 Å². The molecule has 0 aliphatic heterocycles. The molecule has 114 valence electrons. The molecule has 5 nitrogen and oxygen atoms in total. The minimum absolute atomic E-state index is 0.00110. The fraction of sp³-hybridized carbons (Fsp3) is 0.500. The number of carbonyl (C=O) groups excluding carboxylic acids is 1.